The van der Waals surface area contributed by atoms with Crippen molar-refractivity contribution in [3.63, 3.8) is 0 Å². The van der Waals surface area contributed by atoms with Gasteiger partial charge < -0.3 is 14.4 Å². The molecule has 0 aliphatic rings. The summed E-state index contributed by atoms with van der Waals surface area (Å²) in [5, 5.41) is 6.77. The van der Waals surface area contributed by atoms with Crippen molar-refractivity contribution in [2.75, 3.05) is 21.3 Å². The largest absolute Gasteiger partial charge is 0.493 e. The molecule has 112 valence electrons. The van der Waals surface area contributed by atoms with Crippen LogP contribution in [0, 0.1) is 6.92 Å². The highest BCUT2D eigenvalue weighted by atomic mass is 16.5. The van der Waals surface area contributed by atoms with Gasteiger partial charge in [-0.1, -0.05) is 0 Å². The number of nitrogens with zero attached hydrogens (tertiary/aromatic N) is 3. The van der Waals surface area contributed by atoms with Gasteiger partial charge in [-0.05, 0) is 25.1 Å². The van der Waals surface area contributed by atoms with Crippen molar-refractivity contribution in [1.29, 1.82) is 0 Å². The summed E-state index contributed by atoms with van der Waals surface area (Å²) in [6.45, 7) is 2.14. The Morgan fingerprint density at radius 1 is 1.29 bits per heavy atom. The van der Waals surface area contributed by atoms with Gasteiger partial charge in [0.2, 0.25) is 0 Å². The summed E-state index contributed by atoms with van der Waals surface area (Å²) in [7, 11) is 4.79. The molecule has 0 saturated carbocycles. The van der Waals surface area contributed by atoms with Gasteiger partial charge in [0.05, 0.1) is 20.8 Å². The summed E-state index contributed by atoms with van der Waals surface area (Å²) in [5.74, 6) is 2.26. The van der Waals surface area contributed by atoms with Gasteiger partial charge >= 0.3 is 0 Å². The van der Waals surface area contributed by atoms with Gasteiger partial charge in [0, 0.05) is 12.6 Å². The van der Waals surface area contributed by atoms with Gasteiger partial charge in [0.25, 0.3) is 5.91 Å². The monoisotopic (exact) mass is 290 g/mol. The van der Waals surface area contributed by atoms with Gasteiger partial charge in [-0.15, -0.1) is 0 Å². The van der Waals surface area contributed by atoms with Crippen molar-refractivity contribution in [2.45, 2.75) is 13.5 Å². The Bertz CT molecular complexity index is 639. The zero-order valence-corrected chi connectivity index (χ0v) is 12.5. The molecule has 0 bridgehead atoms. The Kier molecular flexibility index (Phi) is 4.42. The molecule has 0 saturated heterocycles. The number of rotatable bonds is 5. The zero-order chi connectivity index (χ0) is 15.4. The minimum absolute atomic E-state index is 0.140. The number of H-pyrrole nitrogens is 1. The molecule has 2 rings (SSSR count). The lowest BCUT2D eigenvalue weighted by molar-refractivity contribution is 0.0781. The van der Waals surface area contributed by atoms with Crippen LogP contribution in [0.2, 0.25) is 0 Å². The standard InChI is InChI=1S/C14H18N4O3/c1-9-15-13(17-16-9)8-18(2)14(19)10-5-6-11(20-3)12(7-10)21-4/h5-7H,8H2,1-4H3,(H,15,16,17). The maximum Gasteiger partial charge on any atom is 0.254 e. The smallest absolute Gasteiger partial charge is 0.254 e. The average Bonchev–Trinajstić information content (AvgIpc) is 2.90. The first-order valence-corrected chi connectivity index (χ1v) is 6.40. The lowest BCUT2D eigenvalue weighted by Crippen LogP contribution is -2.26. The molecule has 0 unspecified atom stereocenters. The maximum absolute atomic E-state index is 12.4. The van der Waals surface area contributed by atoms with Crippen molar-refractivity contribution in [2.24, 2.45) is 0 Å². The van der Waals surface area contributed by atoms with Crippen molar-refractivity contribution < 1.29 is 14.3 Å². The molecule has 1 N–H and O–H groups in total. The van der Waals surface area contributed by atoms with Gasteiger partial charge in [0.15, 0.2) is 17.3 Å². The van der Waals surface area contributed by atoms with Crippen molar-refractivity contribution in [1.82, 2.24) is 20.1 Å². The number of hydrogen-bond donors (Lipinski definition) is 1. The number of aryl methyl sites for hydroxylation is 1. The molecule has 0 aliphatic carbocycles. The van der Waals surface area contributed by atoms with E-state index in [1.54, 1.807) is 37.3 Å². The van der Waals surface area contributed by atoms with Gasteiger partial charge in [-0.2, -0.15) is 5.10 Å². The van der Waals surface area contributed by atoms with E-state index in [2.05, 4.69) is 15.2 Å². The predicted molar refractivity (Wildman–Crippen MR) is 76.5 cm³/mol. The number of aromatic amines is 1. The second-order valence-electron chi connectivity index (χ2n) is 4.57. The van der Waals surface area contributed by atoms with Gasteiger partial charge in [0.1, 0.15) is 5.82 Å². The van der Waals surface area contributed by atoms with E-state index in [1.165, 1.54) is 7.11 Å². The fraction of sp³-hybridized carbons (Fsp3) is 0.357. The van der Waals surface area contributed by atoms with Crippen LogP contribution >= 0.6 is 0 Å². The molecule has 0 aliphatic heterocycles. The number of aromatic nitrogens is 3. The molecule has 2 aromatic rings. The van der Waals surface area contributed by atoms with Gasteiger partial charge in [-0.25, -0.2) is 4.98 Å². The number of carbonyl (C=O) groups excluding carboxylic acids is 1. The van der Waals surface area contributed by atoms with Crippen LogP contribution in [0.5, 0.6) is 11.5 Å². The van der Waals surface area contributed by atoms with Crippen molar-refractivity contribution >= 4 is 5.91 Å². The number of carbonyl (C=O) groups is 1. The van der Waals surface area contributed by atoms with E-state index in [4.69, 9.17) is 9.47 Å². The number of methoxy groups -OCH3 is 2. The third kappa shape index (κ3) is 3.31. The molecule has 0 radical (unpaired) electrons. The molecule has 21 heavy (non-hydrogen) atoms. The summed E-state index contributed by atoms with van der Waals surface area (Å²) in [6, 6.07) is 5.06. The summed E-state index contributed by atoms with van der Waals surface area (Å²) in [6.07, 6.45) is 0. The fourth-order valence-electron chi connectivity index (χ4n) is 1.93. The molecule has 1 heterocycles. The molecule has 7 heteroatoms. The van der Waals surface area contributed by atoms with E-state index in [0.29, 0.717) is 29.4 Å². The van der Waals surface area contributed by atoms with E-state index in [9.17, 15) is 4.79 Å². The van der Waals surface area contributed by atoms with Crippen LogP contribution in [0.15, 0.2) is 18.2 Å². The molecular formula is C14H18N4O3. The number of amides is 1. The Morgan fingerprint density at radius 3 is 2.57 bits per heavy atom. The first-order chi connectivity index (χ1) is 10.0. The Hall–Kier alpha value is -2.57. The topological polar surface area (TPSA) is 80.3 Å². The molecule has 1 amide bonds. The third-order valence-electron chi connectivity index (χ3n) is 3.00. The molecule has 1 aromatic carbocycles. The van der Waals surface area contributed by atoms with Gasteiger partial charge in [-0.3, -0.25) is 9.89 Å². The number of ether oxygens (including phenoxy) is 2. The second kappa shape index (κ2) is 6.25. The Labute approximate surface area is 122 Å². The molecule has 7 nitrogen and oxygen atoms in total. The first kappa shape index (κ1) is 14.8. The minimum Gasteiger partial charge on any atom is -0.493 e. The predicted octanol–water partition coefficient (Wildman–Crippen LogP) is 1.40. The highest BCUT2D eigenvalue weighted by Gasteiger charge is 2.16. The van der Waals surface area contributed by atoms with E-state index in [0.717, 1.165) is 5.82 Å². The first-order valence-electron chi connectivity index (χ1n) is 6.40. The number of nitrogens with one attached hydrogen (secondary N) is 1. The quantitative estimate of drug-likeness (QED) is 0.900. The van der Waals surface area contributed by atoms with Crippen molar-refractivity contribution in [3.8, 4) is 11.5 Å². The van der Waals surface area contributed by atoms with Crippen LogP contribution in [-0.4, -0.2) is 47.3 Å². The average molecular weight is 290 g/mol. The Morgan fingerprint density at radius 2 is 2.00 bits per heavy atom. The third-order valence-corrected chi connectivity index (χ3v) is 3.00. The van der Waals surface area contributed by atoms with Crippen molar-refractivity contribution in [3.05, 3.63) is 35.4 Å². The van der Waals surface area contributed by atoms with E-state index >= 15 is 0 Å². The number of hydrogen-bond acceptors (Lipinski definition) is 5. The van der Waals surface area contributed by atoms with Crippen LogP contribution in [0.1, 0.15) is 22.0 Å². The van der Waals surface area contributed by atoms with Crippen LogP contribution in [0.4, 0.5) is 0 Å². The number of benzene rings is 1. The Balaban J connectivity index is 2.15. The molecule has 1 aromatic heterocycles. The zero-order valence-electron chi connectivity index (χ0n) is 12.5. The van der Waals surface area contributed by atoms with Crippen LogP contribution < -0.4 is 9.47 Å². The summed E-state index contributed by atoms with van der Waals surface area (Å²) < 4.78 is 10.4. The second-order valence-corrected chi connectivity index (χ2v) is 4.57. The van der Waals surface area contributed by atoms with E-state index < -0.39 is 0 Å². The SMILES string of the molecule is COc1ccc(C(=O)N(C)Cc2n[nH]c(C)n2)cc1OC. The normalized spacial score (nSPS) is 10.3. The molecule has 0 atom stereocenters. The summed E-state index contributed by atoms with van der Waals surface area (Å²) in [4.78, 5) is 18.1. The van der Waals surface area contributed by atoms with E-state index in [1.807, 2.05) is 6.92 Å². The lowest BCUT2D eigenvalue weighted by atomic mass is 10.1. The van der Waals surface area contributed by atoms with Crippen LogP contribution in [0.3, 0.4) is 0 Å². The summed E-state index contributed by atoms with van der Waals surface area (Å²) >= 11 is 0. The minimum atomic E-state index is -0.140. The fourth-order valence-corrected chi connectivity index (χ4v) is 1.93. The highest BCUT2D eigenvalue weighted by molar-refractivity contribution is 5.94. The molecule has 0 spiro atoms. The lowest BCUT2D eigenvalue weighted by Gasteiger charge is -2.16. The van der Waals surface area contributed by atoms with Crippen LogP contribution in [0.25, 0.3) is 0 Å². The molecular weight excluding hydrogens is 272 g/mol. The summed E-state index contributed by atoms with van der Waals surface area (Å²) in [5.41, 5.74) is 0.516. The highest BCUT2D eigenvalue weighted by Crippen LogP contribution is 2.28. The molecule has 0 fully saturated rings. The van der Waals surface area contributed by atoms with E-state index in [-0.39, 0.29) is 5.91 Å². The maximum atomic E-state index is 12.4. The van der Waals surface area contributed by atoms with Crippen LogP contribution in [-0.2, 0) is 6.54 Å².